The molecule has 2 aromatic rings. The summed E-state index contributed by atoms with van der Waals surface area (Å²) in [6.45, 7) is 0. The van der Waals surface area contributed by atoms with Crippen LogP contribution in [0.4, 0.5) is 0 Å². The zero-order valence-electron chi connectivity index (χ0n) is 14.1. The molecule has 1 aliphatic carbocycles. The van der Waals surface area contributed by atoms with Crippen molar-refractivity contribution in [2.45, 2.75) is 44.1 Å². The molecule has 6 nitrogen and oxygen atoms in total. The second kappa shape index (κ2) is 7.85. The van der Waals surface area contributed by atoms with Crippen LogP contribution in [-0.2, 0) is 18.4 Å². The second-order valence-electron chi connectivity index (χ2n) is 6.05. The van der Waals surface area contributed by atoms with E-state index in [-0.39, 0.29) is 12.4 Å². The highest BCUT2D eigenvalue weighted by atomic mass is 35.5. The van der Waals surface area contributed by atoms with E-state index in [1.165, 1.54) is 0 Å². The van der Waals surface area contributed by atoms with E-state index < -0.39 is 5.54 Å². The number of benzene rings is 1. The molecule has 1 saturated carbocycles. The Morgan fingerprint density at radius 2 is 1.92 bits per heavy atom. The molecule has 0 bridgehead atoms. The van der Waals surface area contributed by atoms with Crippen molar-refractivity contribution in [3.63, 3.8) is 0 Å². The number of hydrogen-bond donors (Lipinski definition) is 1. The Kier molecular flexibility index (Phi) is 6.07. The van der Waals surface area contributed by atoms with E-state index >= 15 is 0 Å². The van der Waals surface area contributed by atoms with Gasteiger partial charge in [-0.05, 0) is 43.0 Å². The SMILES string of the molecule is COc1ccc(OC)c(CCc2nc(C3(N)CCCC3)no2)c1.Cl. The number of methoxy groups -OCH3 is 2. The maximum atomic E-state index is 6.36. The molecule has 7 heteroatoms. The average Bonchev–Trinajstić information content (AvgIpc) is 3.22. The largest absolute Gasteiger partial charge is 0.497 e. The van der Waals surface area contributed by atoms with Crippen LogP contribution in [-0.4, -0.2) is 24.4 Å². The Bertz CT molecular complexity index is 669. The van der Waals surface area contributed by atoms with Crippen molar-refractivity contribution in [2.24, 2.45) is 5.73 Å². The van der Waals surface area contributed by atoms with Crippen LogP contribution in [0, 0.1) is 0 Å². The highest BCUT2D eigenvalue weighted by Gasteiger charge is 2.35. The van der Waals surface area contributed by atoms with Gasteiger partial charge in [0, 0.05) is 6.42 Å². The van der Waals surface area contributed by atoms with Crippen molar-refractivity contribution in [1.82, 2.24) is 10.1 Å². The van der Waals surface area contributed by atoms with Crippen LogP contribution in [0.15, 0.2) is 22.7 Å². The van der Waals surface area contributed by atoms with Crippen molar-refractivity contribution in [3.8, 4) is 11.5 Å². The number of nitrogens with two attached hydrogens (primary N) is 1. The zero-order chi connectivity index (χ0) is 16.3. The van der Waals surface area contributed by atoms with Gasteiger partial charge in [0.15, 0.2) is 5.82 Å². The number of ether oxygens (including phenoxy) is 2. The summed E-state index contributed by atoms with van der Waals surface area (Å²) in [5, 5.41) is 4.09. The van der Waals surface area contributed by atoms with Gasteiger partial charge in [-0.3, -0.25) is 0 Å². The second-order valence-corrected chi connectivity index (χ2v) is 6.05. The Morgan fingerprint density at radius 1 is 1.17 bits per heavy atom. The first-order valence-corrected chi connectivity index (χ1v) is 7.97. The minimum Gasteiger partial charge on any atom is -0.497 e. The van der Waals surface area contributed by atoms with Crippen molar-refractivity contribution >= 4 is 12.4 Å². The van der Waals surface area contributed by atoms with E-state index in [1.807, 2.05) is 18.2 Å². The van der Waals surface area contributed by atoms with Gasteiger partial charge in [-0.1, -0.05) is 18.0 Å². The molecule has 1 aliphatic rings. The lowest BCUT2D eigenvalue weighted by Gasteiger charge is -2.17. The lowest BCUT2D eigenvalue weighted by atomic mass is 9.99. The van der Waals surface area contributed by atoms with Crippen LogP contribution in [0.5, 0.6) is 11.5 Å². The Hall–Kier alpha value is -1.79. The quantitative estimate of drug-likeness (QED) is 0.859. The van der Waals surface area contributed by atoms with E-state index in [9.17, 15) is 0 Å². The number of aryl methyl sites for hydroxylation is 2. The fourth-order valence-electron chi connectivity index (χ4n) is 3.11. The zero-order valence-corrected chi connectivity index (χ0v) is 14.9. The maximum absolute atomic E-state index is 6.36. The third kappa shape index (κ3) is 3.82. The van der Waals surface area contributed by atoms with Crippen LogP contribution in [0.1, 0.15) is 43.0 Å². The fraction of sp³-hybridized carbons (Fsp3) is 0.529. The number of aromatic nitrogens is 2. The summed E-state index contributed by atoms with van der Waals surface area (Å²) >= 11 is 0. The van der Waals surface area contributed by atoms with Crippen LogP contribution in [0.25, 0.3) is 0 Å². The van der Waals surface area contributed by atoms with E-state index in [0.29, 0.717) is 18.1 Å². The highest BCUT2D eigenvalue weighted by Crippen LogP contribution is 2.34. The minimum atomic E-state index is -0.407. The third-order valence-corrected chi connectivity index (χ3v) is 4.50. The molecule has 132 valence electrons. The summed E-state index contributed by atoms with van der Waals surface area (Å²) in [5.74, 6) is 2.89. The van der Waals surface area contributed by atoms with Gasteiger partial charge in [-0.2, -0.15) is 4.98 Å². The molecule has 1 aromatic heterocycles. The van der Waals surface area contributed by atoms with Crippen molar-refractivity contribution in [2.75, 3.05) is 14.2 Å². The molecule has 24 heavy (non-hydrogen) atoms. The molecule has 1 aromatic carbocycles. The summed E-state index contributed by atoms with van der Waals surface area (Å²) in [4.78, 5) is 4.50. The molecular formula is C17H24ClN3O3. The van der Waals surface area contributed by atoms with Gasteiger partial charge in [0.2, 0.25) is 5.89 Å². The van der Waals surface area contributed by atoms with Gasteiger partial charge in [0.05, 0.1) is 19.8 Å². The van der Waals surface area contributed by atoms with Crippen LogP contribution >= 0.6 is 12.4 Å². The number of hydrogen-bond acceptors (Lipinski definition) is 6. The van der Waals surface area contributed by atoms with E-state index in [2.05, 4.69) is 10.1 Å². The van der Waals surface area contributed by atoms with Crippen molar-refractivity contribution in [3.05, 3.63) is 35.5 Å². The van der Waals surface area contributed by atoms with Gasteiger partial charge in [-0.25, -0.2) is 0 Å². The Morgan fingerprint density at radius 3 is 2.58 bits per heavy atom. The topological polar surface area (TPSA) is 83.4 Å². The summed E-state index contributed by atoms with van der Waals surface area (Å²) in [6.07, 6.45) is 5.49. The maximum Gasteiger partial charge on any atom is 0.227 e. The van der Waals surface area contributed by atoms with E-state index in [0.717, 1.165) is 49.2 Å². The molecule has 0 radical (unpaired) electrons. The first-order valence-electron chi connectivity index (χ1n) is 7.97. The molecule has 0 saturated heterocycles. The third-order valence-electron chi connectivity index (χ3n) is 4.50. The molecule has 0 unspecified atom stereocenters. The van der Waals surface area contributed by atoms with Crippen LogP contribution < -0.4 is 15.2 Å². The summed E-state index contributed by atoms with van der Waals surface area (Å²) in [5.41, 5.74) is 7.01. The van der Waals surface area contributed by atoms with Gasteiger partial charge >= 0.3 is 0 Å². The van der Waals surface area contributed by atoms with Gasteiger partial charge < -0.3 is 19.7 Å². The fourth-order valence-corrected chi connectivity index (χ4v) is 3.11. The molecule has 0 aliphatic heterocycles. The number of halogens is 1. The van der Waals surface area contributed by atoms with Crippen LogP contribution in [0.2, 0.25) is 0 Å². The van der Waals surface area contributed by atoms with Gasteiger partial charge in [0.1, 0.15) is 11.5 Å². The standard InChI is InChI=1S/C17H23N3O3.ClH/c1-21-13-6-7-14(22-2)12(11-13)5-8-15-19-16(20-23-15)17(18)9-3-4-10-17;/h6-7,11H,3-5,8-10,18H2,1-2H3;1H. The molecule has 3 rings (SSSR count). The normalized spacial score (nSPS) is 15.8. The molecule has 1 heterocycles. The predicted molar refractivity (Wildman–Crippen MR) is 92.8 cm³/mol. The first-order chi connectivity index (χ1) is 11.1. The molecular weight excluding hydrogens is 330 g/mol. The van der Waals surface area contributed by atoms with Gasteiger partial charge in [0.25, 0.3) is 0 Å². The Balaban J connectivity index is 0.00000208. The lowest BCUT2D eigenvalue weighted by molar-refractivity contribution is 0.347. The molecule has 1 fully saturated rings. The van der Waals surface area contributed by atoms with E-state index in [1.54, 1.807) is 14.2 Å². The average molecular weight is 354 g/mol. The summed E-state index contributed by atoms with van der Waals surface area (Å²) < 4.78 is 16.0. The first kappa shape index (κ1) is 18.5. The molecule has 0 spiro atoms. The Labute approximate surface area is 148 Å². The lowest BCUT2D eigenvalue weighted by Crippen LogP contribution is -2.34. The monoisotopic (exact) mass is 353 g/mol. The van der Waals surface area contributed by atoms with Crippen molar-refractivity contribution < 1.29 is 14.0 Å². The van der Waals surface area contributed by atoms with Crippen LogP contribution in [0.3, 0.4) is 0 Å². The smallest absolute Gasteiger partial charge is 0.227 e. The minimum absolute atomic E-state index is 0. The van der Waals surface area contributed by atoms with E-state index in [4.69, 9.17) is 19.7 Å². The molecule has 2 N–H and O–H groups in total. The summed E-state index contributed by atoms with van der Waals surface area (Å²) in [6, 6.07) is 5.75. The van der Waals surface area contributed by atoms with Gasteiger partial charge in [-0.15, -0.1) is 12.4 Å². The predicted octanol–water partition coefficient (Wildman–Crippen LogP) is 3.02. The number of rotatable bonds is 6. The van der Waals surface area contributed by atoms with Crippen molar-refractivity contribution in [1.29, 1.82) is 0 Å². The molecule has 0 atom stereocenters. The highest BCUT2D eigenvalue weighted by molar-refractivity contribution is 5.85. The molecule has 0 amide bonds. The number of nitrogens with zero attached hydrogens (tertiary/aromatic N) is 2. The summed E-state index contributed by atoms with van der Waals surface area (Å²) in [7, 11) is 3.31.